The molecular weight excluding hydrogens is 208 g/mol. The second kappa shape index (κ2) is 3.37. The van der Waals surface area contributed by atoms with Gasteiger partial charge in [0.05, 0.1) is 0 Å². The summed E-state index contributed by atoms with van der Waals surface area (Å²) in [5.74, 6) is 0. The van der Waals surface area contributed by atoms with Crippen LogP contribution in [0.1, 0.15) is 5.69 Å². The molecule has 0 atom stereocenters. The molecule has 0 aromatic carbocycles. The molecule has 0 saturated heterocycles. The van der Waals surface area contributed by atoms with E-state index in [0.29, 0.717) is 10.3 Å². The van der Waals surface area contributed by atoms with E-state index in [4.69, 9.17) is 5.53 Å². The Balaban J connectivity index is 3.18. The number of rotatable bonds is 1. The first-order valence-electron chi connectivity index (χ1n) is 2.91. The van der Waals surface area contributed by atoms with Gasteiger partial charge in [-0.2, -0.15) is 0 Å². The number of pyridine rings is 1. The second-order valence-electron chi connectivity index (χ2n) is 1.98. The molecule has 0 fully saturated rings. The van der Waals surface area contributed by atoms with Crippen LogP contribution in [0.15, 0.2) is 21.9 Å². The maximum Gasteiger partial charge on any atom is 0.106 e. The summed E-state index contributed by atoms with van der Waals surface area (Å²) in [5.41, 5.74) is 9.52. The highest BCUT2D eigenvalue weighted by molar-refractivity contribution is 9.10. The smallest absolute Gasteiger partial charge is 0.106 e. The lowest BCUT2D eigenvalue weighted by atomic mass is 10.3. The van der Waals surface area contributed by atoms with Crippen LogP contribution in [0, 0.1) is 6.92 Å². The predicted molar refractivity (Wildman–Crippen MR) is 45.5 cm³/mol. The van der Waals surface area contributed by atoms with Gasteiger partial charge in [0.1, 0.15) is 4.60 Å². The van der Waals surface area contributed by atoms with Crippen LogP contribution in [-0.2, 0) is 0 Å². The first-order chi connectivity index (χ1) is 5.22. The quantitative estimate of drug-likeness (QED) is 0.306. The minimum atomic E-state index is 0.576. The maximum atomic E-state index is 8.12. The van der Waals surface area contributed by atoms with Crippen LogP contribution in [0.5, 0.6) is 0 Å². The van der Waals surface area contributed by atoms with Gasteiger partial charge in [0.25, 0.3) is 0 Å². The third kappa shape index (κ3) is 2.22. The van der Waals surface area contributed by atoms with E-state index in [1.54, 1.807) is 12.1 Å². The number of nitrogens with zero attached hydrogens (tertiary/aromatic N) is 4. The molecule has 0 aliphatic carbocycles. The van der Waals surface area contributed by atoms with E-state index in [2.05, 4.69) is 30.9 Å². The Hall–Kier alpha value is -1.06. The molecule has 0 bridgehead atoms. The number of halogens is 1. The molecule has 0 radical (unpaired) electrons. The fourth-order valence-corrected chi connectivity index (χ4v) is 1.23. The lowest BCUT2D eigenvalue weighted by Gasteiger charge is -1.94. The monoisotopic (exact) mass is 212 g/mol. The van der Waals surface area contributed by atoms with E-state index in [0.717, 1.165) is 5.69 Å². The van der Waals surface area contributed by atoms with Crippen LogP contribution in [0.4, 0.5) is 5.69 Å². The molecule has 5 heteroatoms. The van der Waals surface area contributed by atoms with E-state index in [1.165, 1.54) is 0 Å². The van der Waals surface area contributed by atoms with Crippen molar-refractivity contribution in [3.63, 3.8) is 0 Å². The Labute approximate surface area is 72.0 Å². The molecule has 0 unspecified atom stereocenters. The van der Waals surface area contributed by atoms with Crippen LogP contribution in [0.2, 0.25) is 0 Å². The van der Waals surface area contributed by atoms with E-state index in [9.17, 15) is 0 Å². The van der Waals surface area contributed by atoms with Gasteiger partial charge in [-0.25, -0.2) is 4.98 Å². The minimum Gasteiger partial charge on any atom is -0.246 e. The van der Waals surface area contributed by atoms with Crippen molar-refractivity contribution in [2.24, 2.45) is 5.11 Å². The van der Waals surface area contributed by atoms with Gasteiger partial charge in [0, 0.05) is 16.3 Å². The summed E-state index contributed by atoms with van der Waals surface area (Å²) < 4.78 is 0.680. The summed E-state index contributed by atoms with van der Waals surface area (Å²) in [6, 6.07) is 3.37. The molecule has 1 heterocycles. The lowest BCUT2D eigenvalue weighted by Crippen LogP contribution is -1.79. The fourth-order valence-electron chi connectivity index (χ4n) is 0.720. The average Bonchev–Trinajstić information content (AvgIpc) is 1.85. The van der Waals surface area contributed by atoms with Gasteiger partial charge < -0.3 is 0 Å². The Bertz CT molecular complexity index is 296. The van der Waals surface area contributed by atoms with Crippen LogP contribution >= 0.6 is 15.9 Å². The maximum absolute atomic E-state index is 8.12. The molecule has 1 aromatic rings. The summed E-state index contributed by atoms with van der Waals surface area (Å²) >= 11 is 3.19. The normalized spacial score (nSPS) is 8.91. The Morgan fingerprint density at radius 1 is 1.64 bits per heavy atom. The van der Waals surface area contributed by atoms with Crippen LogP contribution in [0.25, 0.3) is 10.4 Å². The SMILES string of the molecule is Cc1cc(N=[N+]=[N-])cc(Br)n1. The summed E-state index contributed by atoms with van der Waals surface area (Å²) in [6.07, 6.45) is 0. The molecule has 0 aliphatic heterocycles. The molecular formula is C6H5BrN4. The minimum absolute atomic E-state index is 0.576. The van der Waals surface area contributed by atoms with Crippen molar-refractivity contribution in [1.29, 1.82) is 0 Å². The molecule has 4 nitrogen and oxygen atoms in total. The first kappa shape index (κ1) is 8.04. The standard InChI is InChI=1S/C6H5BrN4/c1-4-2-5(10-11-8)3-6(7)9-4/h2-3H,1H3. The Kier molecular flexibility index (Phi) is 2.46. The van der Waals surface area contributed by atoms with Gasteiger partial charge in [-0.05, 0) is 40.5 Å². The number of hydrogen-bond donors (Lipinski definition) is 0. The lowest BCUT2D eigenvalue weighted by molar-refractivity contribution is 1.16. The zero-order valence-corrected chi connectivity index (χ0v) is 7.41. The van der Waals surface area contributed by atoms with Gasteiger partial charge in [-0.15, -0.1) is 0 Å². The molecule has 11 heavy (non-hydrogen) atoms. The number of aromatic nitrogens is 1. The zero-order chi connectivity index (χ0) is 8.27. The van der Waals surface area contributed by atoms with Crippen molar-refractivity contribution >= 4 is 21.6 Å². The number of hydrogen-bond acceptors (Lipinski definition) is 2. The second-order valence-corrected chi connectivity index (χ2v) is 2.79. The van der Waals surface area contributed by atoms with Crippen molar-refractivity contribution in [2.45, 2.75) is 6.92 Å². The van der Waals surface area contributed by atoms with E-state index in [1.807, 2.05) is 6.92 Å². The highest BCUT2D eigenvalue weighted by atomic mass is 79.9. The van der Waals surface area contributed by atoms with Gasteiger partial charge in [0.15, 0.2) is 0 Å². The van der Waals surface area contributed by atoms with E-state index >= 15 is 0 Å². The molecule has 0 aliphatic rings. The highest BCUT2D eigenvalue weighted by Gasteiger charge is 1.93. The Morgan fingerprint density at radius 2 is 2.36 bits per heavy atom. The predicted octanol–water partition coefficient (Wildman–Crippen LogP) is 3.09. The molecule has 0 spiro atoms. The number of azide groups is 1. The van der Waals surface area contributed by atoms with E-state index in [-0.39, 0.29) is 0 Å². The van der Waals surface area contributed by atoms with E-state index < -0.39 is 0 Å². The largest absolute Gasteiger partial charge is 0.246 e. The van der Waals surface area contributed by atoms with Crippen molar-refractivity contribution in [2.75, 3.05) is 0 Å². The average molecular weight is 213 g/mol. The fraction of sp³-hybridized carbons (Fsp3) is 0.167. The number of aryl methyl sites for hydroxylation is 1. The zero-order valence-electron chi connectivity index (χ0n) is 5.82. The van der Waals surface area contributed by atoms with Gasteiger partial charge in [0.2, 0.25) is 0 Å². The van der Waals surface area contributed by atoms with Crippen LogP contribution in [-0.4, -0.2) is 4.98 Å². The van der Waals surface area contributed by atoms with Crippen LogP contribution < -0.4 is 0 Å². The summed E-state index contributed by atoms with van der Waals surface area (Å²) in [5, 5.41) is 3.44. The third-order valence-corrected chi connectivity index (χ3v) is 1.47. The first-order valence-corrected chi connectivity index (χ1v) is 3.71. The topological polar surface area (TPSA) is 61.7 Å². The summed E-state index contributed by atoms with van der Waals surface area (Å²) in [7, 11) is 0. The van der Waals surface area contributed by atoms with Crippen molar-refractivity contribution in [3.8, 4) is 0 Å². The highest BCUT2D eigenvalue weighted by Crippen LogP contribution is 2.18. The molecule has 0 amide bonds. The molecule has 56 valence electrons. The summed E-state index contributed by atoms with van der Waals surface area (Å²) in [6.45, 7) is 1.83. The molecule has 1 rings (SSSR count). The molecule has 1 aromatic heterocycles. The van der Waals surface area contributed by atoms with Crippen molar-refractivity contribution in [1.82, 2.24) is 4.98 Å². The van der Waals surface area contributed by atoms with Crippen molar-refractivity contribution in [3.05, 3.63) is 32.9 Å². The van der Waals surface area contributed by atoms with Gasteiger partial charge >= 0.3 is 0 Å². The molecule has 0 saturated carbocycles. The van der Waals surface area contributed by atoms with Crippen LogP contribution in [0.3, 0.4) is 0 Å². The third-order valence-electron chi connectivity index (χ3n) is 1.07. The summed E-state index contributed by atoms with van der Waals surface area (Å²) in [4.78, 5) is 6.71. The van der Waals surface area contributed by atoms with Gasteiger partial charge in [-0.1, -0.05) is 5.11 Å². The Morgan fingerprint density at radius 3 is 2.91 bits per heavy atom. The van der Waals surface area contributed by atoms with Crippen molar-refractivity contribution < 1.29 is 0 Å². The molecule has 0 N–H and O–H groups in total. The van der Waals surface area contributed by atoms with Gasteiger partial charge in [-0.3, -0.25) is 0 Å².